The van der Waals surface area contributed by atoms with Crippen molar-refractivity contribution >= 4 is 17.3 Å². The second kappa shape index (κ2) is 6.15. The van der Waals surface area contributed by atoms with Crippen molar-refractivity contribution in [3.8, 4) is 0 Å². The van der Waals surface area contributed by atoms with Crippen LogP contribution in [0.5, 0.6) is 0 Å². The van der Waals surface area contributed by atoms with Gasteiger partial charge < -0.3 is 10.6 Å². The third-order valence-corrected chi connectivity index (χ3v) is 4.69. The molecule has 0 amide bonds. The van der Waals surface area contributed by atoms with Gasteiger partial charge in [0.1, 0.15) is 0 Å². The summed E-state index contributed by atoms with van der Waals surface area (Å²) in [6.45, 7) is 8.96. The predicted octanol–water partition coefficient (Wildman–Crippen LogP) is 3.71. The number of hydrogen-bond acceptors (Lipinski definition) is 2. The SMILES string of the molecule is CCC(N)Cc1cccc(Cl)c1N1CC(C)C(C)C1. The Bertz CT molecular complexity index is 423. The van der Waals surface area contributed by atoms with Crippen LogP contribution in [0.2, 0.25) is 5.02 Å². The second-order valence-electron chi connectivity index (χ2n) is 5.98. The Morgan fingerprint density at radius 1 is 1.32 bits per heavy atom. The number of anilines is 1. The molecule has 3 heteroatoms. The van der Waals surface area contributed by atoms with E-state index in [1.54, 1.807) is 0 Å². The summed E-state index contributed by atoms with van der Waals surface area (Å²) < 4.78 is 0. The first kappa shape index (κ1) is 14.7. The van der Waals surface area contributed by atoms with Crippen LogP contribution in [0.3, 0.4) is 0 Å². The van der Waals surface area contributed by atoms with Gasteiger partial charge in [0.2, 0.25) is 0 Å². The summed E-state index contributed by atoms with van der Waals surface area (Å²) in [6.07, 6.45) is 1.91. The molecule has 0 aliphatic carbocycles. The summed E-state index contributed by atoms with van der Waals surface area (Å²) in [7, 11) is 0. The maximum absolute atomic E-state index is 6.45. The van der Waals surface area contributed by atoms with E-state index in [1.165, 1.54) is 11.3 Å². The van der Waals surface area contributed by atoms with Crippen LogP contribution in [0, 0.1) is 11.8 Å². The Morgan fingerprint density at radius 3 is 2.53 bits per heavy atom. The van der Waals surface area contributed by atoms with E-state index in [2.05, 4.69) is 31.7 Å². The van der Waals surface area contributed by atoms with Crippen molar-refractivity contribution in [2.24, 2.45) is 17.6 Å². The number of benzene rings is 1. The van der Waals surface area contributed by atoms with Crippen molar-refractivity contribution < 1.29 is 0 Å². The third kappa shape index (κ3) is 3.24. The fourth-order valence-corrected chi connectivity index (χ4v) is 3.13. The van der Waals surface area contributed by atoms with Crippen molar-refractivity contribution in [1.29, 1.82) is 0 Å². The van der Waals surface area contributed by atoms with Gasteiger partial charge in [-0.1, -0.05) is 44.5 Å². The zero-order chi connectivity index (χ0) is 14.0. The fraction of sp³-hybridized carbons (Fsp3) is 0.625. The van der Waals surface area contributed by atoms with Crippen LogP contribution < -0.4 is 10.6 Å². The molecular weight excluding hydrogens is 256 g/mol. The summed E-state index contributed by atoms with van der Waals surface area (Å²) in [5.74, 6) is 1.45. The molecule has 1 aromatic rings. The van der Waals surface area contributed by atoms with Crippen molar-refractivity contribution in [2.45, 2.75) is 39.7 Å². The Hall–Kier alpha value is -0.730. The molecule has 1 saturated heterocycles. The van der Waals surface area contributed by atoms with Crippen LogP contribution in [0.25, 0.3) is 0 Å². The van der Waals surface area contributed by atoms with E-state index in [4.69, 9.17) is 17.3 Å². The van der Waals surface area contributed by atoms with E-state index >= 15 is 0 Å². The van der Waals surface area contributed by atoms with Gasteiger partial charge in [0.25, 0.3) is 0 Å². The van der Waals surface area contributed by atoms with Crippen molar-refractivity contribution in [1.82, 2.24) is 0 Å². The number of nitrogens with zero attached hydrogens (tertiary/aromatic N) is 1. The molecule has 1 aliphatic heterocycles. The number of hydrogen-bond donors (Lipinski definition) is 1. The van der Waals surface area contributed by atoms with Crippen molar-refractivity contribution in [3.63, 3.8) is 0 Å². The summed E-state index contributed by atoms with van der Waals surface area (Å²) in [6, 6.07) is 6.41. The van der Waals surface area contributed by atoms with Gasteiger partial charge >= 0.3 is 0 Å². The Labute approximate surface area is 121 Å². The molecule has 3 atom stereocenters. The molecule has 1 fully saturated rings. The molecule has 1 aliphatic rings. The van der Waals surface area contributed by atoms with Crippen LogP contribution in [-0.2, 0) is 6.42 Å². The van der Waals surface area contributed by atoms with E-state index < -0.39 is 0 Å². The van der Waals surface area contributed by atoms with E-state index in [9.17, 15) is 0 Å². The molecule has 3 unspecified atom stereocenters. The molecule has 19 heavy (non-hydrogen) atoms. The van der Waals surface area contributed by atoms with Crippen LogP contribution >= 0.6 is 11.6 Å². The van der Waals surface area contributed by atoms with Crippen LogP contribution in [-0.4, -0.2) is 19.1 Å². The Kier molecular flexibility index (Phi) is 4.75. The lowest BCUT2D eigenvalue weighted by atomic mass is 10.0. The summed E-state index contributed by atoms with van der Waals surface area (Å²) >= 11 is 6.45. The highest BCUT2D eigenvalue weighted by atomic mass is 35.5. The summed E-state index contributed by atoms with van der Waals surface area (Å²) in [5.41, 5.74) is 8.62. The van der Waals surface area contributed by atoms with Gasteiger partial charge in [-0.2, -0.15) is 0 Å². The maximum atomic E-state index is 6.45. The first-order chi connectivity index (χ1) is 9.02. The smallest absolute Gasteiger partial charge is 0.0642 e. The zero-order valence-corrected chi connectivity index (χ0v) is 13.0. The highest BCUT2D eigenvalue weighted by Crippen LogP contribution is 2.36. The largest absolute Gasteiger partial charge is 0.370 e. The van der Waals surface area contributed by atoms with E-state index in [1.807, 2.05) is 12.1 Å². The fourth-order valence-electron chi connectivity index (χ4n) is 2.82. The lowest BCUT2D eigenvalue weighted by Crippen LogP contribution is -2.25. The van der Waals surface area contributed by atoms with Gasteiger partial charge in [0, 0.05) is 19.1 Å². The molecule has 2 N–H and O–H groups in total. The monoisotopic (exact) mass is 280 g/mol. The van der Waals surface area contributed by atoms with E-state index in [0.717, 1.165) is 42.8 Å². The molecule has 0 spiro atoms. The minimum Gasteiger partial charge on any atom is -0.370 e. The topological polar surface area (TPSA) is 29.3 Å². The molecule has 0 aromatic heterocycles. The predicted molar refractivity (Wildman–Crippen MR) is 84.0 cm³/mol. The van der Waals surface area contributed by atoms with Crippen molar-refractivity contribution in [2.75, 3.05) is 18.0 Å². The van der Waals surface area contributed by atoms with Gasteiger partial charge in [-0.15, -0.1) is 0 Å². The van der Waals surface area contributed by atoms with Gasteiger partial charge in [-0.25, -0.2) is 0 Å². The molecule has 106 valence electrons. The van der Waals surface area contributed by atoms with Crippen molar-refractivity contribution in [3.05, 3.63) is 28.8 Å². The first-order valence-corrected chi connectivity index (χ1v) is 7.68. The molecule has 0 bridgehead atoms. The van der Waals surface area contributed by atoms with Crippen LogP contribution in [0.15, 0.2) is 18.2 Å². The highest BCUT2D eigenvalue weighted by Gasteiger charge is 2.28. The molecule has 1 aromatic carbocycles. The summed E-state index contributed by atoms with van der Waals surface area (Å²) in [5, 5.41) is 0.863. The third-order valence-electron chi connectivity index (χ3n) is 4.38. The molecular formula is C16H25ClN2. The standard InChI is InChI=1S/C16H25ClN2/c1-4-14(18)8-13-6-5-7-15(17)16(13)19-9-11(2)12(3)10-19/h5-7,11-12,14H,4,8-10,18H2,1-3H3. The molecule has 1 heterocycles. The van der Waals surface area contributed by atoms with Gasteiger partial charge in [-0.05, 0) is 36.3 Å². The van der Waals surface area contributed by atoms with Gasteiger partial charge in [-0.3, -0.25) is 0 Å². The number of halogens is 1. The maximum Gasteiger partial charge on any atom is 0.0642 e. The zero-order valence-electron chi connectivity index (χ0n) is 12.2. The first-order valence-electron chi connectivity index (χ1n) is 7.30. The molecule has 2 nitrogen and oxygen atoms in total. The van der Waals surface area contributed by atoms with Crippen LogP contribution in [0.4, 0.5) is 5.69 Å². The molecule has 0 saturated carbocycles. The Morgan fingerprint density at radius 2 is 1.95 bits per heavy atom. The number of nitrogens with two attached hydrogens (primary N) is 1. The van der Waals surface area contributed by atoms with Gasteiger partial charge in [0.15, 0.2) is 0 Å². The highest BCUT2D eigenvalue weighted by molar-refractivity contribution is 6.33. The normalized spacial score (nSPS) is 24.8. The minimum atomic E-state index is 0.217. The lowest BCUT2D eigenvalue weighted by Gasteiger charge is -2.24. The molecule has 2 rings (SSSR count). The van der Waals surface area contributed by atoms with Gasteiger partial charge in [0.05, 0.1) is 10.7 Å². The Balaban J connectivity index is 2.28. The second-order valence-corrected chi connectivity index (χ2v) is 6.39. The van der Waals surface area contributed by atoms with Crippen LogP contribution in [0.1, 0.15) is 32.8 Å². The number of para-hydroxylation sites is 1. The van der Waals surface area contributed by atoms with E-state index in [0.29, 0.717) is 0 Å². The quantitative estimate of drug-likeness (QED) is 0.911. The average Bonchev–Trinajstić information content (AvgIpc) is 2.69. The van der Waals surface area contributed by atoms with E-state index in [-0.39, 0.29) is 6.04 Å². The molecule has 0 radical (unpaired) electrons. The minimum absolute atomic E-state index is 0.217. The summed E-state index contributed by atoms with van der Waals surface area (Å²) in [4.78, 5) is 2.44. The lowest BCUT2D eigenvalue weighted by molar-refractivity contribution is 0.494. The number of rotatable bonds is 4. The average molecular weight is 281 g/mol.